The molecule has 0 spiro atoms. The Morgan fingerprint density at radius 1 is 0.661 bits per heavy atom. The van der Waals surface area contributed by atoms with Gasteiger partial charge in [0.1, 0.15) is 30.5 Å². The molecule has 0 saturated heterocycles. The predicted octanol–water partition coefficient (Wildman–Crippen LogP) is 12.2. The Morgan fingerprint density at radius 3 is 2.02 bits per heavy atom. The minimum Gasteiger partial charge on any atom is -0.509 e. The van der Waals surface area contributed by atoms with Crippen molar-refractivity contribution in [2.45, 2.75) is 46.3 Å². The van der Waals surface area contributed by atoms with Crippen molar-refractivity contribution >= 4 is 21.8 Å². The average Bonchev–Trinajstić information content (AvgIpc) is 3.86. The molecule has 294 valence electrons. The summed E-state index contributed by atoms with van der Waals surface area (Å²) in [6, 6.07) is 53.9. The number of benzene rings is 6. The average molecular weight is 954 g/mol. The topological polar surface area (TPSA) is 63.3 Å². The maximum absolute atomic E-state index is 6.50. The third-order valence-electron chi connectivity index (χ3n) is 10.2. The van der Waals surface area contributed by atoms with Crippen molar-refractivity contribution < 1.29 is 35.3 Å². The fourth-order valence-corrected chi connectivity index (χ4v) is 7.21. The van der Waals surface area contributed by atoms with E-state index in [2.05, 4.69) is 123 Å². The number of pyridine rings is 1. The second-order valence-electron chi connectivity index (χ2n) is 15.5. The fraction of sp³-hybridized carbons (Fsp3) is 0.137. The first kappa shape index (κ1) is 39.4. The molecule has 7 nitrogen and oxygen atoms in total. The van der Waals surface area contributed by atoms with Crippen LogP contribution in [0.25, 0.3) is 44.4 Å². The van der Waals surface area contributed by atoms with Gasteiger partial charge >= 0.3 is 21.1 Å². The molecule has 0 aliphatic rings. The van der Waals surface area contributed by atoms with Gasteiger partial charge in [-0.05, 0) is 76.0 Å². The van der Waals surface area contributed by atoms with E-state index >= 15 is 0 Å². The van der Waals surface area contributed by atoms with Gasteiger partial charge in [0.15, 0.2) is 0 Å². The zero-order valence-corrected chi connectivity index (χ0v) is 35.5. The summed E-state index contributed by atoms with van der Waals surface area (Å²) in [7, 11) is 0. The van der Waals surface area contributed by atoms with Gasteiger partial charge in [0.25, 0.3) is 0 Å². The Balaban J connectivity index is 0.00000484. The summed E-state index contributed by atoms with van der Waals surface area (Å²) >= 11 is 0. The van der Waals surface area contributed by atoms with Crippen LogP contribution in [0.15, 0.2) is 158 Å². The standard InChI is InChI=1S/C51H42N4O3.Pt/c1-35-26-47(56-33-36-14-7-5-8-15-36)50(48(27-35)57-34-37-16-9-6-10-17-37)38-31-53-54(32-38)40-18-13-19-41(29-40)58-42-22-23-44-43-20-11-12-21-45(43)55(46(44)30-42)49-28-39(24-25-52-49)51(2,3)4;/h5-28,31-32H,33-34H2,1-4H3;/q-2;+2. The van der Waals surface area contributed by atoms with Crippen LogP contribution in [0.4, 0.5) is 0 Å². The molecule has 6 aromatic carbocycles. The molecule has 0 amide bonds. The number of aryl methyl sites for hydroxylation is 1. The van der Waals surface area contributed by atoms with Crippen molar-refractivity contribution in [2.24, 2.45) is 0 Å². The molecule has 0 saturated carbocycles. The molecular formula is C51H42N4O3Pt. The monoisotopic (exact) mass is 953 g/mol. The summed E-state index contributed by atoms with van der Waals surface area (Å²) in [6.45, 7) is 9.52. The summed E-state index contributed by atoms with van der Waals surface area (Å²) in [5.41, 5.74) is 8.71. The molecule has 8 heteroatoms. The Labute approximate surface area is 359 Å². The van der Waals surface area contributed by atoms with Gasteiger partial charge in [-0.3, -0.25) is 4.68 Å². The van der Waals surface area contributed by atoms with Crippen LogP contribution in [0.5, 0.6) is 23.0 Å². The Hall–Kier alpha value is -6.43. The third kappa shape index (κ3) is 8.43. The normalized spacial score (nSPS) is 11.4. The summed E-state index contributed by atoms with van der Waals surface area (Å²) in [5.74, 6) is 3.38. The molecule has 0 aliphatic carbocycles. The smallest absolute Gasteiger partial charge is 0.509 e. The van der Waals surface area contributed by atoms with Gasteiger partial charge < -0.3 is 18.8 Å². The van der Waals surface area contributed by atoms with Gasteiger partial charge in [-0.2, -0.15) is 17.2 Å². The molecule has 0 radical (unpaired) electrons. The van der Waals surface area contributed by atoms with Gasteiger partial charge in [-0.25, -0.2) is 4.98 Å². The summed E-state index contributed by atoms with van der Waals surface area (Å²) in [4.78, 5) is 4.81. The minimum atomic E-state index is -0.0262. The van der Waals surface area contributed by atoms with Crippen molar-refractivity contribution in [3.8, 4) is 45.6 Å². The summed E-state index contributed by atoms with van der Waals surface area (Å²) in [5, 5.41) is 6.99. The first-order chi connectivity index (χ1) is 28.3. The van der Waals surface area contributed by atoms with Crippen LogP contribution in [0.1, 0.15) is 43.0 Å². The van der Waals surface area contributed by atoms with E-state index in [0.717, 1.165) is 66.9 Å². The Bertz CT molecular complexity index is 2810. The van der Waals surface area contributed by atoms with Crippen LogP contribution >= 0.6 is 0 Å². The van der Waals surface area contributed by atoms with Crippen molar-refractivity contribution in [1.29, 1.82) is 0 Å². The second kappa shape index (κ2) is 16.8. The molecule has 0 atom stereocenters. The van der Waals surface area contributed by atoms with Gasteiger partial charge in [0.05, 0.1) is 11.8 Å². The van der Waals surface area contributed by atoms with Gasteiger partial charge in [-0.1, -0.05) is 105 Å². The van der Waals surface area contributed by atoms with Crippen LogP contribution in [0.2, 0.25) is 0 Å². The number of ether oxygens (including phenoxy) is 3. The van der Waals surface area contributed by atoms with E-state index in [0.29, 0.717) is 30.4 Å². The van der Waals surface area contributed by atoms with Crippen LogP contribution in [0, 0.1) is 19.1 Å². The van der Waals surface area contributed by atoms with Crippen molar-refractivity contribution in [1.82, 2.24) is 19.3 Å². The van der Waals surface area contributed by atoms with E-state index in [1.807, 2.05) is 79.3 Å². The number of nitrogens with zero attached hydrogens (tertiary/aromatic N) is 4. The fourth-order valence-electron chi connectivity index (χ4n) is 7.21. The quantitative estimate of drug-likeness (QED) is 0.121. The first-order valence-electron chi connectivity index (χ1n) is 19.4. The zero-order valence-electron chi connectivity index (χ0n) is 33.3. The van der Waals surface area contributed by atoms with Gasteiger partial charge in [-0.15, -0.1) is 35.7 Å². The number of fused-ring (bicyclic) bond motifs is 3. The van der Waals surface area contributed by atoms with Crippen LogP contribution in [-0.2, 0) is 39.7 Å². The molecule has 0 unspecified atom stereocenters. The number of para-hydroxylation sites is 1. The molecule has 59 heavy (non-hydrogen) atoms. The van der Waals surface area contributed by atoms with Crippen molar-refractivity contribution in [3.63, 3.8) is 0 Å². The number of hydrogen-bond acceptors (Lipinski definition) is 5. The molecule has 9 rings (SSSR count). The number of hydrogen-bond donors (Lipinski definition) is 0. The van der Waals surface area contributed by atoms with E-state index < -0.39 is 0 Å². The van der Waals surface area contributed by atoms with E-state index in [1.165, 1.54) is 5.56 Å². The Kier molecular flexibility index (Phi) is 11.2. The van der Waals surface area contributed by atoms with E-state index in [4.69, 9.17) is 24.3 Å². The second-order valence-corrected chi connectivity index (χ2v) is 15.5. The maximum atomic E-state index is 6.50. The van der Waals surface area contributed by atoms with E-state index in [1.54, 1.807) is 4.68 Å². The van der Waals surface area contributed by atoms with Gasteiger partial charge in [0, 0.05) is 35.0 Å². The van der Waals surface area contributed by atoms with Crippen molar-refractivity contribution in [3.05, 3.63) is 193 Å². The van der Waals surface area contributed by atoms with Crippen LogP contribution < -0.4 is 14.2 Å². The van der Waals surface area contributed by atoms with E-state index in [9.17, 15) is 0 Å². The largest absolute Gasteiger partial charge is 2.00 e. The molecule has 0 N–H and O–H groups in total. The summed E-state index contributed by atoms with van der Waals surface area (Å²) in [6.07, 6.45) is 5.69. The molecular weight excluding hydrogens is 912 g/mol. The SMILES string of the molecule is Cc1cc(OCc2ccccc2)c(-c2cnn(-c3[c-]c(Oc4[c-]c5c(cc4)c4ccccc4n5-c4cc(C(C)(C)C)ccn4)ccc3)c2)c(OCc2ccccc2)c1.[Pt+2]. The number of aromatic nitrogens is 4. The van der Waals surface area contributed by atoms with Crippen molar-refractivity contribution in [2.75, 3.05) is 0 Å². The van der Waals surface area contributed by atoms with Crippen LogP contribution in [-0.4, -0.2) is 19.3 Å². The third-order valence-corrected chi connectivity index (χ3v) is 10.2. The Morgan fingerprint density at radius 2 is 1.32 bits per heavy atom. The summed E-state index contributed by atoms with van der Waals surface area (Å²) < 4.78 is 23.4. The molecule has 0 fully saturated rings. The number of rotatable bonds is 11. The molecule has 3 aromatic heterocycles. The first-order valence-corrected chi connectivity index (χ1v) is 19.4. The predicted molar refractivity (Wildman–Crippen MR) is 230 cm³/mol. The zero-order chi connectivity index (χ0) is 39.6. The molecule has 3 heterocycles. The van der Waals surface area contributed by atoms with Crippen LogP contribution in [0.3, 0.4) is 0 Å². The van der Waals surface area contributed by atoms with Gasteiger partial charge in [0.2, 0.25) is 0 Å². The molecule has 9 aromatic rings. The van der Waals surface area contributed by atoms with E-state index in [-0.39, 0.29) is 26.5 Å². The molecule has 0 aliphatic heterocycles. The maximum Gasteiger partial charge on any atom is 2.00 e. The minimum absolute atomic E-state index is 0. The molecule has 0 bridgehead atoms.